The van der Waals surface area contributed by atoms with Gasteiger partial charge >= 0.3 is 6.18 Å². The van der Waals surface area contributed by atoms with Gasteiger partial charge in [-0.25, -0.2) is 4.98 Å². The molecule has 0 aliphatic heterocycles. The van der Waals surface area contributed by atoms with E-state index in [1.807, 2.05) is 0 Å². The summed E-state index contributed by atoms with van der Waals surface area (Å²) in [5.74, 6) is 0.592. The van der Waals surface area contributed by atoms with Gasteiger partial charge in [0.15, 0.2) is 0 Å². The molecule has 1 aromatic carbocycles. The number of rotatable bonds is 2. The van der Waals surface area contributed by atoms with Gasteiger partial charge in [-0.2, -0.15) is 18.2 Å². The van der Waals surface area contributed by atoms with Crippen molar-refractivity contribution in [1.82, 2.24) is 9.97 Å². The lowest BCUT2D eigenvalue weighted by molar-refractivity contribution is -0.137. The fourth-order valence-electron chi connectivity index (χ4n) is 2.32. The first-order chi connectivity index (χ1) is 9.86. The Morgan fingerprint density at radius 2 is 1.62 bits per heavy atom. The molecule has 110 valence electrons. The van der Waals surface area contributed by atoms with Gasteiger partial charge in [0.2, 0.25) is 5.95 Å². The molecule has 1 fully saturated rings. The first kappa shape index (κ1) is 13.7. The van der Waals surface area contributed by atoms with Crippen LogP contribution in [0.2, 0.25) is 0 Å². The van der Waals surface area contributed by atoms with Crippen molar-refractivity contribution in [3.8, 4) is 11.3 Å². The van der Waals surface area contributed by atoms with Crippen LogP contribution in [0.3, 0.4) is 0 Å². The van der Waals surface area contributed by atoms with Crippen LogP contribution in [0.4, 0.5) is 24.9 Å². The van der Waals surface area contributed by atoms with E-state index in [4.69, 9.17) is 11.5 Å². The Labute approximate surface area is 119 Å². The number of nitrogens with two attached hydrogens (primary N) is 2. The molecule has 0 spiro atoms. The number of anilines is 2. The largest absolute Gasteiger partial charge is 0.416 e. The predicted octanol–water partition coefficient (Wildman–Crippen LogP) is 3.20. The summed E-state index contributed by atoms with van der Waals surface area (Å²) < 4.78 is 37.8. The van der Waals surface area contributed by atoms with Gasteiger partial charge in [0.25, 0.3) is 0 Å². The summed E-state index contributed by atoms with van der Waals surface area (Å²) in [6.07, 6.45) is -2.40. The first-order valence-corrected chi connectivity index (χ1v) is 6.47. The van der Waals surface area contributed by atoms with Crippen molar-refractivity contribution in [3.63, 3.8) is 0 Å². The van der Waals surface area contributed by atoms with Crippen molar-refractivity contribution < 1.29 is 13.2 Å². The summed E-state index contributed by atoms with van der Waals surface area (Å²) in [4.78, 5) is 8.10. The highest BCUT2D eigenvalue weighted by molar-refractivity contribution is 5.71. The molecule has 1 saturated carbocycles. The van der Waals surface area contributed by atoms with E-state index in [0.29, 0.717) is 17.1 Å². The minimum Gasteiger partial charge on any atom is -0.383 e. The second-order valence-corrected chi connectivity index (χ2v) is 5.08. The van der Waals surface area contributed by atoms with Gasteiger partial charge < -0.3 is 11.5 Å². The van der Waals surface area contributed by atoms with E-state index >= 15 is 0 Å². The van der Waals surface area contributed by atoms with Crippen molar-refractivity contribution in [2.75, 3.05) is 11.5 Å². The predicted molar refractivity (Wildman–Crippen MR) is 73.3 cm³/mol. The van der Waals surface area contributed by atoms with Gasteiger partial charge in [-0.3, -0.25) is 0 Å². The van der Waals surface area contributed by atoms with Gasteiger partial charge in [-0.15, -0.1) is 0 Å². The number of nitrogens with zero attached hydrogens (tertiary/aromatic N) is 2. The van der Waals surface area contributed by atoms with Crippen molar-refractivity contribution >= 4 is 11.8 Å². The third kappa shape index (κ3) is 2.63. The second kappa shape index (κ2) is 4.61. The highest BCUT2D eigenvalue weighted by Gasteiger charge is 2.32. The fourth-order valence-corrected chi connectivity index (χ4v) is 2.32. The molecule has 4 nitrogen and oxygen atoms in total. The van der Waals surface area contributed by atoms with Crippen LogP contribution < -0.4 is 11.5 Å². The third-order valence-electron chi connectivity index (χ3n) is 3.46. The average Bonchev–Trinajstić information content (AvgIpc) is 3.21. The van der Waals surface area contributed by atoms with E-state index in [0.717, 1.165) is 30.5 Å². The Morgan fingerprint density at radius 3 is 2.14 bits per heavy atom. The van der Waals surface area contributed by atoms with E-state index in [1.54, 1.807) is 0 Å². The minimum atomic E-state index is -4.36. The third-order valence-corrected chi connectivity index (χ3v) is 3.46. The molecular formula is C14H13F3N4. The maximum atomic E-state index is 12.6. The van der Waals surface area contributed by atoms with Crippen molar-refractivity contribution in [3.05, 3.63) is 35.4 Å². The average molecular weight is 294 g/mol. The van der Waals surface area contributed by atoms with E-state index < -0.39 is 11.7 Å². The number of benzene rings is 1. The fraction of sp³-hybridized carbons (Fsp3) is 0.286. The van der Waals surface area contributed by atoms with Crippen molar-refractivity contribution in [1.29, 1.82) is 0 Å². The summed E-state index contributed by atoms with van der Waals surface area (Å²) >= 11 is 0. The summed E-state index contributed by atoms with van der Waals surface area (Å²) in [5.41, 5.74) is 12.7. The van der Waals surface area contributed by atoms with Crippen LogP contribution in [0.15, 0.2) is 24.3 Å². The Morgan fingerprint density at radius 1 is 1.00 bits per heavy atom. The summed E-state index contributed by atoms with van der Waals surface area (Å²) in [7, 11) is 0. The van der Waals surface area contributed by atoms with Crippen LogP contribution in [0, 0.1) is 0 Å². The topological polar surface area (TPSA) is 77.8 Å². The first-order valence-electron chi connectivity index (χ1n) is 6.47. The normalized spacial score (nSPS) is 15.2. The Kier molecular flexibility index (Phi) is 3.00. The van der Waals surface area contributed by atoms with E-state index in [9.17, 15) is 13.2 Å². The Balaban J connectivity index is 2.08. The van der Waals surface area contributed by atoms with E-state index in [2.05, 4.69) is 9.97 Å². The zero-order valence-corrected chi connectivity index (χ0v) is 11.0. The molecule has 0 radical (unpaired) electrons. The highest BCUT2D eigenvalue weighted by Crippen LogP contribution is 2.46. The number of nitrogen functional groups attached to an aromatic ring is 2. The van der Waals surface area contributed by atoms with Gasteiger partial charge in [0.1, 0.15) is 5.82 Å². The molecule has 3 rings (SSSR count). The van der Waals surface area contributed by atoms with Crippen LogP contribution >= 0.6 is 0 Å². The molecule has 1 aromatic heterocycles. The zero-order chi connectivity index (χ0) is 15.2. The molecule has 2 aromatic rings. The molecule has 0 saturated heterocycles. The minimum absolute atomic E-state index is 0.0202. The number of hydrogen-bond donors (Lipinski definition) is 2. The van der Waals surface area contributed by atoms with E-state index in [1.165, 1.54) is 12.1 Å². The Hall–Kier alpha value is -2.31. The molecule has 7 heteroatoms. The molecule has 1 aliphatic rings. The molecule has 21 heavy (non-hydrogen) atoms. The van der Waals surface area contributed by atoms with Crippen LogP contribution in [-0.2, 0) is 6.18 Å². The van der Waals surface area contributed by atoms with Crippen LogP contribution in [-0.4, -0.2) is 9.97 Å². The zero-order valence-electron chi connectivity index (χ0n) is 11.0. The molecule has 4 N–H and O–H groups in total. The number of alkyl halides is 3. The highest BCUT2D eigenvalue weighted by atomic mass is 19.4. The molecule has 0 bridgehead atoms. The standard InChI is InChI=1S/C14H13F3N4/c15-14(16,17)9-5-3-8(4-6-9)11-10(7-1-2-7)12(18)21-13(19)20-11/h3-7H,1-2H2,(H4,18,19,20,21). The summed E-state index contributed by atoms with van der Waals surface area (Å²) in [6, 6.07) is 4.83. The van der Waals surface area contributed by atoms with Crippen LogP contribution in [0.5, 0.6) is 0 Å². The smallest absolute Gasteiger partial charge is 0.383 e. The number of hydrogen-bond acceptors (Lipinski definition) is 4. The lowest BCUT2D eigenvalue weighted by Crippen LogP contribution is -2.07. The molecular weight excluding hydrogens is 281 g/mol. The lowest BCUT2D eigenvalue weighted by Gasteiger charge is -2.12. The summed E-state index contributed by atoms with van der Waals surface area (Å²) in [6.45, 7) is 0. The van der Waals surface area contributed by atoms with Crippen LogP contribution in [0.1, 0.15) is 29.9 Å². The monoisotopic (exact) mass is 294 g/mol. The molecule has 1 aliphatic carbocycles. The molecule has 1 heterocycles. The van der Waals surface area contributed by atoms with Gasteiger partial charge in [-0.05, 0) is 30.9 Å². The maximum Gasteiger partial charge on any atom is 0.416 e. The van der Waals surface area contributed by atoms with Crippen molar-refractivity contribution in [2.24, 2.45) is 0 Å². The quantitative estimate of drug-likeness (QED) is 0.891. The number of aromatic nitrogens is 2. The molecule has 0 amide bonds. The lowest BCUT2D eigenvalue weighted by atomic mass is 10.0. The van der Waals surface area contributed by atoms with Crippen LogP contribution in [0.25, 0.3) is 11.3 Å². The molecule has 0 unspecified atom stereocenters. The summed E-state index contributed by atoms with van der Waals surface area (Å²) in [5, 5.41) is 0. The van der Waals surface area contributed by atoms with Gasteiger partial charge in [-0.1, -0.05) is 12.1 Å². The SMILES string of the molecule is Nc1nc(N)c(C2CC2)c(-c2ccc(C(F)(F)F)cc2)n1. The second-order valence-electron chi connectivity index (χ2n) is 5.08. The van der Waals surface area contributed by atoms with Crippen molar-refractivity contribution in [2.45, 2.75) is 24.9 Å². The Bertz CT molecular complexity index is 676. The molecule has 0 atom stereocenters. The van der Waals surface area contributed by atoms with E-state index in [-0.39, 0.29) is 11.9 Å². The maximum absolute atomic E-state index is 12.6. The number of halogens is 3. The van der Waals surface area contributed by atoms with Gasteiger partial charge in [0, 0.05) is 11.1 Å². The van der Waals surface area contributed by atoms with Gasteiger partial charge in [0.05, 0.1) is 11.3 Å².